The summed E-state index contributed by atoms with van der Waals surface area (Å²) in [4.78, 5) is 46.0. The lowest BCUT2D eigenvalue weighted by Gasteiger charge is -2.31. The molecule has 3 aromatic rings. The van der Waals surface area contributed by atoms with E-state index in [1.54, 1.807) is 12.1 Å². The molecule has 0 atom stereocenters. The Balaban J connectivity index is 1.41. The Morgan fingerprint density at radius 1 is 1.12 bits per heavy atom. The van der Waals surface area contributed by atoms with Crippen LogP contribution in [0.25, 0.3) is 11.0 Å². The number of sulfonamides is 1. The van der Waals surface area contributed by atoms with E-state index in [0.29, 0.717) is 31.9 Å². The fraction of sp³-hybridized carbons (Fsp3) is 0.364. The van der Waals surface area contributed by atoms with Crippen molar-refractivity contribution >= 4 is 32.7 Å². The van der Waals surface area contributed by atoms with Crippen LogP contribution in [0.4, 0.5) is 5.69 Å². The molecular weight excluding hydrogens is 460 g/mol. The van der Waals surface area contributed by atoms with Gasteiger partial charge in [0.05, 0.1) is 15.8 Å². The highest BCUT2D eigenvalue weighted by Gasteiger charge is 2.29. The van der Waals surface area contributed by atoms with Gasteiger partial charge in [0.1, 0.15) is 5.65 Å². The fourth-order valence-electron chi connectivity index (χ4n) is 4.05. The van der Waals surface area contributed by atoms with Crippen LogP contribution in [0.3, 0.4) is 0 Å². The summed E-state index contributed by atoms with van der Waals surface area (Å²) in [6.07, 6.45) is 2.97. The third-order valence-corrected chi connectivity index (χ3v) is 8.04. The van der Waals surface area contributed by atoms with E-state index in [2.05, 4.69) is 20.2 Å². The smallest absolute Gasteiger partial charge is 0.322 e. The van der Waals surface area contributed by atoms with Crippen LogP contribution in [0.15, 0.2) is 51.0 Å². The summed E-state index contributed by atoms with van der Waals surface area (Å²) in [5.74, 6) is -0.549. The number of carbonyl (C=O) groups excluding carboxylic acids is 1. The Labute approximate surface area is 195 Å². The van der Waals surface area contributed by atoms with Gasteiger partial charge < -0.3 is 10.2 Å². The Hall–Kier alpha value is -3.35. The van der Waals surface area contributed by atoms with E-state index in [9.17, 15) is 22.8 Å². The van der Waals surface area contributed by atoms with Gasteiger partial charge in [-0.3, -0.25) is 19.1 Å². The number of piperazine rings is 1. The molecule has 1 amide bonds. The summed E-state index contributed by atoms with van der Waals surface area (Å²) in [5, 5.41) is 2.82. The first-order valence-electron chi connectivity index (χ1n) is 11.0. The zero-order valence-electron chi connectivity index (χ0n) is 18.5. The molecule has 2 aliphatic rings. The first kappa shape index (κ1) is 22.4. The zero-order chi connectivity index (χ0) is 24.0. The van der Waals surface area contributed by atoms with Crippen LogP contribution in [0.2, 0.25) is 0 Å². The van der Waals surface area contributed by atoms with Crippen molar-refractivity contribution in [2.24, 2.45) is 0 Å². The number of amides is 1. The number of hydrogen-bond acceptors (Lipinski definition) is 7. The molecule has 0 spiro atoms. The van der Waals surface area contributed by atoms with E-state index < -0.39 is 27.2 Å². The van der Waals surface area contributed by atoms with Gasteiger partial charge >= 0.3 is 5.69 Å². The number of fused-ring (bicyclic) bond motifs is 1. The van der Waals surface area contributed by atoms with Gasteiger partial charge in [-0.05, 0) is 44.2 Å². The second kappa shape index (κ2) is 8.46. The summed E-state index contributed by atoms with van der Waals surface area (Å²) < 4.78 is 28.9. The lowest BCUT2D eigenvalue weighted by Crippen LogP contribution is -2.47. The van der Waals surface area contributed by atoms with Crippen LogP contribution in [0.5, 0.6) is 0 Å². The summed E-state index contributed by atoms with van der Waals surface area (Å²) >= 11 is 0. The largest absolute Gasteiger partial charge is 0.330 e. The Bertz CT molecular complexity index is 1500. The maximum Gasteiger partial charge on any atom is 0.330 e. The maximum absolute atomic E-state index is 13.0. The van der Waals surface area contributed by atoms with Gasteiger partial charge in [-0.1, -0.05) is 6.07 Å². The number of carbonyl (C=O) groups is 1. The quantitative estimate of drug-likeness (QED) is 0.541. The molecule has 12 heteroatoms. The highest BCUT2D eigenvalue weighted by atomic mass is 32.2. The van der Waals surface area contributed by atoms with Gasteiger partial charge in [0.2, 0.25) is 10.0 Å². The summed E-state index contributed by atoms with van der Waals surface area (Å²) in [6, 6.07) is 7.46. The van der Waals surface area contributed by atoms with Crippen molar-refractivity contribution in [2.75, 3.05) is 38.5 Å². The van der Waals surface area contributed by atoms with Crippen molar-refractivity contribution in [3.8, 4) is 0 Å². The number of aromatic amines is 1. The number of benzene rings is 1. The second-order valence-electron chi connectivity index (χ2n) is 8.64. The molecule has 178 valence electrons. The Morgan fingerprint density at radius 3 is 2.56 bits per heavy atom. The van der Waals surface area contributed by atoms with Gasteiger partial charge in [0, 0.05) is 44.1 Å². The van der Waals surface area contributed by atoms with Crippen molar-refractivity contribution in [1.29, 1.82) is 0 Å². The van der Waals surface area contributed by atoms with E-state index in [1.165, 1.54) is 33.3 Å². The van der Waals surface area contributed by atoms with E-state index >= 15 is 0 Å². The number of aromatic nitrogens is 3. The number of nitrogens with one attached hydrogen (secondary N) is 2. The lowest BCUT2D eigenvalue weighted by molar-refractivity contribution is 0.102. The van der Waals surface area contributed by atoms with Gasteiger partial charge in [-0.2, -0.15) is 4.31 Å². The number of H-pyrrole nitrogens is 1. The monoisotopic (exact) mass is 484 g/mol. The van der Waals surface area contributed by atoms with Crippen molar-refractivity contribution in [3.05, 3.63) is 62.9 Å². The molecule has 2 aromatic heterocycles. The van der Waals surface area contributed by atoms with Gasteiger partial charge in [0.15, 0.2) is 0 Å². The number of anilines is 1. The van der Waals surface area contributed by atoms with Crippen LogP contribution in [-0.2, 0) is 10.0 Å². The topological polar surface area (TPSA) is 137 Å². The summed E-state index contributed by atoms with van der Waals surface area (Å²) in [5.41, 5.74) is -0.459. The van der Waals surface area contributed by atoms with Gasteiger partial charge in [0.25, 0.3) is 11.5 Å². The van der Waals surface area contributed by atoms with Crippen molar-refractivity contribution in [3.63, 3.8) is 0 Å². The number of pyridine rings is 1. The van der Waals surface area contributed by atoms with Crippen LogP contribution >= 0.6 is 0 Å². The standard InChI is InChI=1S/C22H24N6O5S/c1-26-7-9-27(10-8-26)34(32,33)17-4-2-3-15(12-17)24-20(29)14-11-18-19(23-13-14)28(16-5-6-16)22(31)25-21(18)30/h2-4,11-13,16H,5-10H2,1H3,(H,24,29)(H,25,30,31). The van der Waals surface area contributed by atoms with Crippen molar-refractivity contribution in [1.82, 2.24) is 23.7 Å². The Morgan fingerprint density at radius 2 is 1.85 bits per heavy atom. The number of rotatable bonds is 5. The first-order chi connectivity index (χ1) is 16.2. The third kappa shape index (κ3) is 4.15. The molecular formula is C22H24N6O5S. The molecule has 1 saturated carbocycles. The summed E-state index contributed by atoms with van der Waals surface area (Å²) in [6.45, 7) is 2.11. The van der Waals surface area contributed by atoms with E-state index in [-0.39, 0.29) is 27.5 Å². The molecule has 34 heavy (non-hydrogen) atoms. The molecule has 0 unspecified atom stereocenters. The average molecular weight is 485 g/mol. The van der Waals surface area contributed by atoms with E-state index in [1.807, 2.05) is 7.05 Å². The molecule has 11 nitrogen and oxygen atoms in total. The molecule has 0 radical (unpaired) electrons. The molecule has 1 aliphatic carbocycles. The number of nitrogens with zero attached hydrogens (tertiary/aromatic N) is 4. The zero-order valence-corrected chi connectivity index (χ0v) is 19.3. The highest BCUT2D eigenvalue weighted by Crippen LogP contribution is 2.34. The molecule has 5 rings (SSSR count). The molecule has 2 fully saturated rings. The molecule has 1 saturated heterocycles. The fourth-order valence-corrected chi connectivity index (χ4v) is 5.52. The van der Waals surface area contributed by atoms with Crippen molar-refractivity contribution in [2.45, 2.75) is 23.8 Å². The average Bonchev–Trinajstić information content (AvgIpc) is 3.64. The van der Waals surface area contributed by atoms with E-state index in [0.717, 1.165) is 12.8 Å². The lowest BCUT2D eigenvalue weighted by atomic mass is 10.2. The summed E-state index contributed by atoms with van der Waals surface area (Å²) in [7, 11) is -1.74. The first-order valence-corrected chi connectivity index (χ1v) is 12.4. The van der Waals surface area contributed by atoms with Crippen LogP contribution in [0, 0.1) is 0 Å². The molecule has 2 N–H and O–H groups in total. The number of likely N-dealkylation sites (N-methyl/N-ethyl adjacent to an activating group) is 1. The SMILES string of the molecule is CN1CCN(S(=O)(=O)c2cccc(NC(=O)c3cnc4c(c3)c(=O)[nH]c(=O)n4C3CC3)c2)CC1. The third-order valence-electron chi connectivity index (χ3n) is 6.14. The van der Waals surface area contributed by atoms with Crippen LogP contribution in [0.1, 0.15) is 29.2 Å². The normalized spacial score (nSPS) is 17.7. The van der Waals surface area contributed by atoms with Crippen molar-refractivity contribution < 1.29 is 13.2 Å². The highest BCUT2D eigenvalue weighted by molar-refractivity contribution is 7.89. The van der Waals surface area contributed by atoms with Crippen LogP contribution < -0.4 is 16.6 Å². The van der Waals surface area contributed by atoms with Gasteiger partial charge in [-0.25, -0.2) is 18.2 Å². The van der Waals surface area contributed by atoms with E-state index in [4.69, 9.17) is 0 Å². The molecule has 1 aliphatic heterocycles. The predicted molar refractivity (Wildman–Crippen MR) is 126 cm³/mol. The molecule has 1 aromatic carbocycles. The maximum atomic E-state index is 13.0. The second-order valence-corrected chi connectivity index (χ2v) is 10.6. The number of hydrogen-bond donors (Lipinski definition) is 2. The minimum absolute atomic E-state index is 0.00372. The Kier molecular flexibility index (Phi) is 5.58. The predicted octanol–water partition coefficient (Wildman–Crippen LogP) is 0.608. The minimum atomic E-state index is -3.69. The minimum Gasteiger partial charge on any atom is -0.322 e. The van der Waals surface area contributed by atoms with Crippen LogP contribution in [-0.4, -0.2) is 71.3 Å². The molecule has 3 heterocycles. The molecule has 0 bridgehead atoms. The van der Waals surface area contributed by atoms with Gasteiger partial charge in [-0.15, -0.1) is 0 Å².